The smallest absolute Gasteiger partial charge is 0.550 e. The minimum atomic E-state index is -1.29. The molecular weight excluding hydrogens is 483 g/mol. The van der Waals surface area contributed by atoms with Crippen molar-refractivity contribution in [1.82, 2.24) is 0 Å². The topological polar surface area (TPSA) is 155 Å². The largest absolute Gasteiger partial charge is 2.00 e. The van der Waals surface area contributed by atoms with E-state index in [4.69, 9.17) is 10.2 Å². The molecule has 0 fully saturated rings. The van der Waals surface area contributed by atoms with Gasteiger partial charge in [-0.15, -0.1) is 0 Å². The van der Waals surface area contributed by atoms with Gasteiger partial charge in [-0.25, -0.2) is 0 Å². The van der Waals surface area contributed by atoms with Crippen molar-refractivity contribution < 1.29 is 65.8 Å². The molecular formula is C22H42O8Zr. The molecule has 8 nitrogen and oxygen atoms in total. The number of aliphatic hydroxyl groups is 2. The van der Waals surface area contributed by atoms with E-state index in [2.05, 4.69) is 0 Å². The number of hydrogen-bond acceptors (Lipinski definition) is 8. The summed E-state index contributed by atoms with van der Waals surface area (Å²) in [5, 5.41) is 36.2. The summed E-state index contributed by atoms with van der Waals surface area (Å²) >= 11 is 0. The molecule has 0 aliphatic rings. The summed E-state index contributed by atoms with van der Waals surface area (Å²) in [5.74, 6) is -3.12. The van der Waals surface area contributed by atoms with Crippen LogP contribution in [0.3, 0.4) is 0 Å². The van der Waals surface area contributed by atoms with E-state index < -0.39 is 35.6 Å². The Kier molecular flexibility index (Phi) is 27.3. The van der Waals surface area contributed by atoms with Crippen molar-refractivity contribution in [3.8, 4) is 0 Å². The Morgan fingerprint density at radius 3 is 0.935 bits per heavy atom. The molecule has 0 heterocycles. The molecule has 0 rings (SSSR count). The van der Waals surface area contributed by atoms with E-state index in [1.807, 2.05) is 13.8 Å². The number of carbonyl (C=O) groups excluding carboxylic acids is 4. The fourth-order valence-corrected chi connectivity index (χ4v) is 1.14. The van der Waals surface area contributed by atoms with Crippen LogP contribution < -0.4 is 10.2 Å². The van der Waals surface area contributed by atoms with E-state index in [-0.39, 0.29) is 50.0 Å². The van der Waals surface area contributed by atoms with Gasteiger partial charge in [-0.05, 0) is 40.5 Å². The number of aliphatic carboxylic acids is 2. The predicted molar refractivity (Wildman–Crippen MR) is 112 cm³/mol. The predicted octanol–water partition coefficient (Wildman–Crippen LogP) is 1.04. The van der Waals surface area contributed by atoms with E-state index in [1.165, 1.54) is 0 Å². The van der Waals surface area contributed by atoms with E-state index in [0.29, 0.717) is 12.8 Å². The van der Waals surface area contributed by atoms with E-state index in [0.717, 1.165) is 0 Å². The third kappa shape index (κ3) is 33.9. The van der Waals surface area contributed by atoms with Gasteiger partial charge in [0.15, 0.2) is 0 Å². The van der Waals surface area contributed by atoms with Crippen molar-refractivity contribution >= 4 is 23.5 Å². The second-order valence-corrected chi connectivity index (χ2v) is 8.61. The second-order valence-electron chi connectivity index (χ2n) is 8.61. The fourth-order valence-electron chi connectivity index (χ4n) is 1.14. The van der Waals surface area contributed by atoms with E-state index >= 15 is 0 Å². The molecule has 2 N–H and O–H groups in total. The average molecular weight is 526 g/mol. The Labute approximate surface area is 206 Å². The Morgan fingerprint density at radius 2 is 0.839 bits per heavy atom. The molecule has 0 aliphatic carbocycles. The minimum absolute atomic E-state index is 0. The van der Waals surface area contributed by atoms with Crippen molar-refractivity contribution in [1.29, 1.82) is 0 Å². The number of carboxylic acid groups (broad SMARTS) is 2. The number of ketones is 2. The zero-order valence-electron chi connectivity index (χ0n) is 20.8. The maximum absolute atomic E-state index is 11.1. The molecule has 0 atom stereocenters. The maximum atomic E-state index is 11.1. The van der Waals surface area contributed by atoms with Gasteiger partial charge < -0.3 is 30.0 Å². The molecule has 0 bridgehead atoms. The third-order valence-corrected chi connectivity index (χ3v) is 3.89. The van der Waals surface area contributed by atoms with Gasteiger partial charge >= 0.3 is 26.2 Å². The first-order valence-electron chi connectivity index (χ1n) is 10.1. The van der Waals surface area contributed by atoms with Crippen LogP contribution >= 0.6 is 0 Å². The summed E-state index contributed by atoms with van der Waals surface area (Å²) in [5.41, 5.74) is -1.06. The number of Topliss-reactive ketones (excluding diaryl/α,β-unsaturated/α-hetero) is 2. The molecule has 0 radical (unpaired) electrons. The Bertz CT molecular complexity index is 460. The zero-order valence-corrected chi connectivity index (χ0v) is 23.3. The van der Waals surface area contributed by atoms with Gasteiger partial charge in [0.2, 0.25) is 0 Å². The molecule has 182 valence electrons. The van der Waals surface area contributed by atoms with Gasteiger partial charge in [-0.1, -0.05) is 41.5 Å². The summed E-state index contributed by atoms with van der Waals surface area (Å²) in [4.78, 5) is 42.3. The standard InChI is InChI=1S/2C8H14O3.2C3H8O.Zr/c2*1-4-8(2,3)6(9)5-7(10)11;2*1-3(2)4;/h2*4-5H2,1-3H3,(H,10,11);2*3-4H,1-2H3;/q;;;;+2/p-2. The zero-order chi connectivity index (χ0) is 25.3. The fraction of sp³-hybridized carbons (Fsp3) is 0.818. The van der Waals surface area contributed by atoms with Crippen LogP contribution in [0.1, 0.15) is 94.9 Å². The third-order valence-electron chi connectivity index (χ3n) is 3.89. The van der Waals surface area contributed by atoms with Crippen molar-refractivity contribution in [2.75, 3.05) is 0 Å². The summed E-state index contributed by atoms with van der Waals surface area (Å²) < 4.78 is 0. The van der Waals surface area contributed by atoms with Gasteiger partial charge in [0, 0.05) is 47.8 Å². The normalized spacial score (nSPS) is 10.3. The number of aliphatic hydroxyl groups excluding tert-OH is 2. The molecule has 31 heavy (non-hydrogen) atoms. The summed E-state index contributed by atoms with van der Waals surface area (Å²) in [6.45, 7) is 17.5. The molecule has 0 aromatic carbocycles. The van der Waals surface area contributed by atoms with E-state index in [9.17, 15) is 29.4 Å². The molecule has 0 aromatic rings. The number of carboxylic acids is 2. The molecule has 0 amide bonds. The molecule has 0 aromatic heterocycles. The van der Waals surface area contributed by atoms with E-state index in [1.54, 1.807) is 55.4 Å². The first-order valence-corrected chi connectivity index (χ1v) is 10.1. The van der Waals surface area contributed by atoms with Crippen LogP contribution in [0.4, 0.5) is 0 Å². The van der Waals surface area contributed by atoms with Gasteiger partial charge in [0.25, 0.3) is 0 Å². The Balaban J connectivity index is -0.000000106. The minimum Gasteiger partial charge on any atom is -0.550 e. The van der Waals surface area contributed by atoms with Gasteiger partial charge in [0.05, 0.1) is 0 Å². The Hall–Kier alpha value is -0.917. The first kappa shape index (κ1) is 40.4. The van der Waals surface area contributed by atoms with Crippen molar-refractivity contribution in [2.45, 2.75) is 107 Å². The van der Waals surface area contributed by atoms with Crippen LogP contribution in [0.5, 0.6) is 0 Å². The van der Waals surface area contributed by atoms with Crippen molar-refractivity contribution in [3.63, 3.8) is 0 Å². The molecule has 0 saturated heterocycles. The van der Waals surface area contributed by atoms with Crippen LogP contribution in [0.25, 0.3) is 0 Å². The van der Waals surface area contributed by atoms with Gasteiger partial charge in [0.1, 0.15) is 11.6 Å². The monoisotopic (exact) mass is 524 g/mol. The molecule has 0 unspecified atom stereocenters. The number of rotatable bonds is 8. The van der Waals surface area contributed by atoms with Crippen LogP contribution in [0.2, 0.25) is 0 Å². The van der Waals surface area contributed by atoms with Crippen LogP contribution in [-0.4, -0.2) is 45.9 Å². The number of hydrogen-bond donors (Lipinski definition) is 2. The molecule has 0 spiro atoms. The van der Waals surface area contributed by atoms with Crippen LogP contribution in [0.15, 0.2) is 0 Å². The second kappa shape index (κ2) is 21.0. The first-order chi connectivity index (χ1) is 13.3. The summed E-state index contributed by atoms with van der Waals surface area (Å²) in [6, 6.07) is 0. The summed E-state index contributed by atoms with van der Waals surface area (Å²) in [7, 11) is 0. The number of carbonyl (C=O) groups is 4. The van der Waals surface area contributed by atoms with Crippen molar-refractivity contribution in [2.24, 2.45) is 10.8 Å². The maximum Gasteiger partial charge on any atom is 2.00 e. The average Bonchev–Trinajstić information content (AvgIpc) is 2.53. The van der Waals surface area contributed by atoms with Gasteiger partial charge in [-0.2, -0.15) is 0 Å². The van der Waals surface area contributed by atoms with Crippen LogP contribution in [0, 0.1) is 10.8 Å². The Morgan fingerprint density at radius 1 is 0.677 bits per heavy atom. The summed E-state index contributed by atoms with van der Waals surface area (Å²) in [6.07, 6.45) is 0.0277. The SMILES string of the molecule is CC(C)O.CC(C)O.CCC(C)(C)C(=O)CC(=O)[O-].CCC(C)(C)C(=O)CC(=O)[O-].[Zr+2]. The van der Waals surface area contributed by atoms with Crippen molar-refractivity contribution in [3.05, 3.63) is 0 Å². The molecule has 9 heteroatoms. The molecule has 0 aliphatic heterocycles. The molecule has 0 saturated carbocycles. The quantitative estimate of drug-likeness (QED) is 0.445. The van der Waals surface area contributed by atoms with Crippen LogP contribution in [-0.2, 0) is 45.4 Å². The van der Waals surface area contributed by atoms with Gasteiger partial charge in [-0.3, -0.25) is 9.59 Å².